The van der Waals surface area contributed by atoms with Crippen LogP contribution in [0.5, 0.6) is 0 Å². The van der Waals surface area contributed by atoms with Gasteiger partial charge in [-0.05, 0) is 42.0 Å². The van der Waals surface area contributed by atoms with E-state index in [1.165, 1.54) is 43.9 Å². The SMILES string of the molecule is CN(Cc1ccccc1)c1ccccc1NC(=O)c1ccc(S(=O)(=O)N(C)C)cc1. The highest BCUT2D eigenvalue weighted by Crippen LogP contribution is 2.26. The number of benzene rings is 3. The third kappa shape index (κ3) is 4.87. The first kappa shape index (κ1) is 21.5. The predicted molar refractivity (Wildman–Crippen MR) is 120 cm³/mol. The van der Waals surface area contributed by atoms with Crippen molar-refractivity contribution in [2.24, 2.45) is 0 Å². The molecule has 0 saturated carbocycles. The highest BCUT2D eigenvalue weighted by atomic mass is 32.2. The van der Waals surface area contributed by atoms with E-state index in [1.807, 2.05) is 49.5 Å². The van der Waals surface area contributed by atoms with Gasteiger partial charge < -0.3 is 10.2 Å². The summed E-state index contributed by atoms with van der Waals surface area (Å²) in [6.07, 6.45) is 0. The number of carbonyl (C=O) groups excluding carboxylic acids is 1. The minimum atomic E-state index is -3.53. The van der Waals surface area contributed by atoms with Crippen molar-refractivity contribution in [1.82, 2.24) is 4.31 Å². The Morgan fingerprint density at radius 2 is 1.43 bits per heavy atom. The molecule has 1 N–H and O–H groups in total. The molecular weight excluding hydrogens is 398 g/mol. The van der Waals surface area contributed by atoms with Gasteiger partial charge in [-0.3, -0.25) is 4.79 Å². The number of carbonyl (C=O) groups is 1. The molecular formula is C23H25N3O3S. The standard InChI is InChI=1S/C23H25N3O3S/c1-25(2)30(28,29)20-15-13-19(14-16-20)23(27)24-21-11-7-8-12-22(21)26(3)17-18-9-5-4-6-10-18/h4-16H,17H2,1-3H3,(H,24,27). The Bertz CT molecular complexity index is 1110. The maximum absolute atomic E-state index is 12.8. The van der Waals surface area contributed by atoms with E-state index in [1.54, 1.807) is 0 Å². The Hall–Kier alpha value is -3.16. The maximum atomic E-state index is 12.8. The van der Waals surface area contributed by atoms with E-state index in [4.69, 9.17) is 0 Å². The van der Waals surface area contributed by atoms with Crippen molar-refractivity contribution in [3.05, 3.63) is 90.0 Å². The lowest BCUT2D eigenvalue weighted by Gasteiger charge is -2.23. The van der Waals surface area contributed by atoms with Gasteiger partial charge in [-0.25, -0.2) is 12.7 Å². The van der Waals surface area contributed by atoms with Crippen LogP contribution in [0.1, 0.15) is 15.9 Å². The van der Waals surface area contributed by atoms with Crippen LogP contribution in [0.25, 0.3) is 0 Å². The summed E-state index contributed by atoms with van der Waals surface area (Å²) in [5, 5.41) is 2.93. The van der Waals surface area contributed by atoms with Crippen molar-refractivity contribution in [2.45, 2.75) is 11.4 Å². The smallest absolute Gasteiger partial charge is 0.255 e. The van der Waals surface area contributed by atoms with Crippen molar-refractivity contribution in [3.63, 3.8) is 0 Å². The third-order valence-corrected chi connectivity index (χ3v) is 6.55. The van der Waals surface area contributed by atoms with Crippen LogP contribution in [0.3, 0.4) is 0 Å². The number of para-hydroxylation sites is 2. The molecule has 0 bridgehead atoms. The maximum Gasteiger partial charge on any atom is 0.255 e. The number of hydrogen-bond donors (Lipinski definition) is 1. The van der Waals surface area contributed by atoms with Gasteiger partial charge >= 0.3 is 0 Å². The summed E-state index contributed by atoms with van der Waals surface area (Å²) in [4.78, 5) is 15.0. The summed E-state index contributed by atoms with van der Waals surface area (Å²) in [6, 6.07) is 23.6. The zero-order chi connectivity index (χ0) is 21.7. The van der Waals surface area contributed by atoms with Gasteiger partial charge in [0.25, 0.3) is 5.91 Å². The molecule has 0 heterocycles. The van der Waals surface area contributed by atoms with E-state index in [-0.39, 0.29) is 10.8 Å². The molecule has 0 unspecified atom stereocenters. The van der Waals surface area contributed by atoms with Gasteiger partial charge in [0.2, 0.25) is 10.0 Å². The second kappa shape index (κ2) is 9.11. The molecule has 0 aromatic heterocycles. The first-order valence-corrected chi connectivity index (χ1v) is 10.9. The fourth-order valence-electron chi connectivity index (χ4n) is 3.04. The summed E-state index contributed by atoms with van der Waals surface area (Å²) in [5.74, 6) is -0.302. The van der Waals surface area contributed by atoms with Crippen molar-refractivity contribution < 1.29 is 13.2 Å². The van der Waals surface area contributed by atoms with Crippen LogP contribution in [0, 0.1) is 0 Å². The van der Waals surface area contributed by atoms with Crippen LogP contribution in [0.2, 0.25) is 0 Å². The van der Waals surface area contributed by atoms with Gasteiger partial charge in [0.1, 0.15) is 0 Å². The number of hydrogen-bond acceptors (Lipinski definition) is 4. The molecule has 0 aliphatic heterocycles. The molecule has 30 heavy (non-hydrogen) atoms. The molecule has 0 aliphatic carbocycles. The molecule has 3 aromatic carbocycles. The molecule has 0 spiro atoms. The zero-order valence-corrected chi connectivity index (χ0v) is 18.1. The Morgan fingerprint density at radius 1 is 0.833 bits per heavy atom. The number of rotatable bonds is 7. The first-order valence-electron chi connectivity index (χ1n) is 9.47. The lowest BCUT2D eigenvalue weighted by atomic mass is 10.1. The van der Waals surface area contributed by atoms with Gasteiger partial charge in [0, 0.05) is 33.3 Å². The third-order valence-electron chi connectivity index (χ3n) is 4.72. The van der Waals surface area contributed by atoms with Crippen LogP contribution >= 0.6 is 0 Å². The molecule has 1 amide bonds. The van der Waals surface area contributed by atoms with Crippen molar-refractivity contribution >= 4 is 27.3 Å². The minimum Gasteiger partial charge on any atom is -0.369 e. The lowest BCUT2D eigenvalue weighted by Crippen LogP contribution is -2.22. The molecule has 3 rings (SSSR count). The second-order valence-corrected chi connectivity index (χ2v) is 9.28. The van der Waals surface area contributed by atoms with Crippen LogP contribution < -0.4 is 10.2 Å². The average molecular weight is 424 g/mol. The fraction of sp³-hybridized carbons (Fsp3) is 0.174. The minimum absolute atomic E-state index is 0.145. The highest BCUT2D eigenvalue weighted by molar-refractivity contribution is 7.89. The molecule has 0 fully saturated rings. The van der Waals surface area contributed by atoms with Crippen LogP contribution in [0.15, 0.2) is 83.8 Å². The molecule has 0 saturated heterocycles. The number of anilines is 2. The van der Waals surface area contributed by atoms with E-state index in [0.717, 1.165) is 9.99 Å². The quantitative estimate of drug-likeness (QED) is 0.627. The summed E-state index contributed by atoms with van der Waals surface area (Å²) in [6.45, 7) is 0.699. The number of nitrogens with zero attached hydrogens (tertiary/aromatic N) is 2. The lowest BCUT2D eigenvalue weighted by molar-refractivity contribution is 0.102. The summed E-state index contributed by atoms with van der Waals surface area (Å²) < 4.78 is 25.5. The predicted octanol–water partition coefficient (Wildman–Crippen LogP) is 3.83. The Labute approximate surface area is 177 Å². The van der Waals surface area contributed by atoms with E-state index >= 15 is 0 Å². The number of nitrogens with one attached hydrogen (secondary N) is 1. The Morgan fingerprint density at radius 3 is 2.07 bits per heavy atom. The van der Waals surface area contributed by atoms with Gasteiger partial charge in [-0.2, -0.15) is 0 Å². The monoisotopic (exact) mass is 423 g/mol. The number of amides is 1. The topological polar surface area (TPSA) is 69.7 Å². The molecule has 0 aliphatic rings. The van der Waals surface area contributed by atoms with E-state index in [9.17, 15) is 13.2 Å². The molecule has 3 aromatic rings. The van der Waals surface area contributed by atoms with Crippen LogP contribution in [-0.2, 0) is 16.6 Å². The molecule has 0 atom stereocenters. The normalized spacial score (nSPS) is 11.3. The largest absolute Gasteiger partial charge is 0.369 e. The summed E-state index contributed by atoms with van der Waals surface area (Å²) in [5.41, 5.74) is 3.12. The van der Waals surface area contributed by atoms with Gasteiger partial charge in [-0.1, -0.05) is 42.5 Å². The van der Waals surface area contributed by atoms with Crippen molar-refractivity contribution in [1.29, 1.82) is 0 Å². The van der Waals surface area contributed by atoms with Gasteiger partial charge in [0.05, 0.1) is 16.3 Å². The molecule has 156 valence electrons. The Kier molecular flexibility index (Phi) is 6.54. The average Bonchev–Trinajstić information content (AvgIpc) is 2.74. The highest BCUT2D eigenvalue weighted by Gasteiger charge is 2.18. The second-order valence-electron chi connectivity index (χ2n) is 7.12. The van der Waals surface area contributed by atoms with Crippen LogP contribution in [-0.4, -0.2) is 39.8 Å². The van der Waals surface area contributed by atoms with Gasteiger partial charge in [-0.15, -0.1) is 0 Å². The van der Waals surface area contributed by atoms with Crippen LogP contribution in [0.4, 0.5) is 11.4 Å². The van der Waals surface area contributed by atoms with Gasteiger partial charge in [0.15, 0.2) is 0 Å². The summed E-state index contributed by atoms with van der Waals surface area (Å²) >= 11 is 0. The molecule has 6 nitrogen and oxygen atoms in total. The first-order chi connectivity index (χ1) is 14.3. The van der Waals surface area contributed by atoms with Crippen molar-refractivity contribution in [2.75, 3.05) is 31.4 Å². The Balaban J connectivity index is 1.77. The molecule has 7 heteroatoms. The number of sulfonamides is 1. The molecule has 0 radical (unpaired) electrons. The summed E-state index contributed by atoms with van der Waals surface area (Å²) in [7, 11) is 1.38. The van der Waals surface area contributed by atoms with E-state index < -0.39 is 10.0 Å². The van der Waals surface area contributed by atoms with Crippen molar-refractivity contribution in [3.8, 4) is 0 Å². The van der Waals surface area contributed by atoms with E-state index in [0.29, 0.717) is 17.8 Å². The zero-order valence-electron chi connectivity index (χ0n) is 17.2. The fourth-order valence-corrected chi connectivity index (χ4v) is 3.94. The van der Waals surface area contributed by atoms with E-state index in [2.05, 4.69) is 22.3 Å².